The predicted octanol–water partition coefficient (Wildman–Crippen LogP) is 5.47. The lowest BCUT2D eigenvalue weighted by Gasteiger charge is -2.20. The highest BCUT2D eigenvalue weighted by Gasteiger charge is 2.40. The molecule has 1 aliphatic heterocycles. The summed E-state index contributed by atoms with van der Waals surface area (Å²) in [4.78, 5) is 27.3. The zero-order valence-electron chi connectivity index (χ0n) is 18.7. The molecule has 0 spiro atoms. The summed E-state index contributed by atoms with van der Waals surface area (Å²) >= 11 is 0. The van der Waals surface area contributed by atoms with Crippen LogP contribution < -0.4 is 5.32 Å². The van der Waals surface area contributed by atoms with E-state index in [4.69, 9.17) is 0 Å². The number of halogens is 3. The molecule has 9 heteroatoms. The second-order valence-electron chi connectivity index (χ2n) is 8.39. The maximum atomic E-state index is 13.9. The van der Waals surface area contributed by atoms with Crippen LogP contribution in [0.5, 0.6) is 0 Å². The fourth-order valence-electron chi connectivity index (χ4n) is 4.02. The monoisotopic (exact) mass is 470 g/mol. The number of nitrogens with one attached hydrogen (secondary N) is 1. The third kappa shape index (κ3) is 5.13. The summed E-state index contributed by atoms with van der Waals surface area (Å²) in [6.45, 7) is 3.24. The molecule has 1 N–H and O–H groups in total. The number of carbonyl (C=O) groups excluding carboxylic acids is 2. The largest absolute Gasteiger partial charge is 0.434 e. The summed E-state index contributed by atoms with van der Waals surface area (Å²) in [5, 5.41) is 6.31. The maximum absolute atomic E-state index is 13.9. The predicted molar refractivity (Wildman–Crippen MR) is 122 cm³/mol. The SMILES string of the molecule is Cc1ccc(-n2ncc(C(=O)Nc3ccc(C(=O)N4CCCCCC4)cc3)c2C(F)(F)F)cc1. The van der Waals surface area contributed by atoms with E-state index in [1.165, 1.54) is 24.3 Å². The van der Waals surface area contributed by atoms with Gasteiger partial charge in [-0.15, -0.1) is 0 Å². The summed E-state index contributed by atoms with van der Waals surface area (Å²) in [5.41, 5.74) is 0.116. The van der Waals surface area contributed by atoms with E-state index in [2.05, 4.69) is 10.4 Å². The van der Waals surface area contributed by atoms with Gasteiger partial charge in [-0.2, -0.15) is 18.3 Å². The second kappa shape index (κ2) is 9.70. The van der Waals surface area contributed by atoms with Crippen LogP contribution in [0.15, 0.2) is 54.7 Å². The van der Waals surface area contributed by atoms with E-state index in [0.29, 0.717) is 18.7 Å². The Morgan fingerprint density at radius 1 is 0.912 bits per heavy atom. The Kier molecular flexibility index (Phi) is 6.72. The number of anilines is 1. The second-order valence-corrected chi connectivity index (χ2v) is 8.39. The summed E-state index contributed by atoms with van der Waals surface area (Å²) in [7, 11) is 0. The van der Waals surface area contributed by atoms with Crippen molar-refractivity contribution in [3.63, 3.8) is 0 Å². The molecule has 178 valence electrons. The number of hydrogen-bond acceptors (Lipinski definition) is 3. The zero-order valence-corrected chi connectivity index (χ0v) is 18.7. The van der Waals surface area contributed by atoms with Gasteiger partial charge in [-0.25, -0.2) is 4.68 Å². The first kappa shape index (κ1) is 23.5. The molecule has 3 aromatic rings. The topological polar surface area (TPSA) is 67.2 Å². The van der Waals surface area contributed by atoms with Gasteiger partial charge < -0.3 is 10.2 Å². The Hall–Kier alpha value is -3.62. The van der Waals surface area contributed by atoms with Gasteiger partial charge in [0.2, 0.25) is 0 Å². The van der Waals surface area contributed by atoms with Crippen LogP contribution in [-0.4, -0.2) is 39.6 Å². The van der Waals surface area contributed by atoms with Crippen LogP contribution in [0, 0.1) is 6.92 Å². The number of aryl methyl sites for hydroxylation is 1. The van der Waals surface area contributed by atoms with Crippen molar-refractivity contribution < 1.29 is 22.8 Å². The molecule has 0 atom stereocenters. The van der Waals surface area contributed by atoms with Gasteiger partial charge in [0, 0.05) is 24.3 Å². The fourth-order valence-corrected chi connectivity index (χ4v) is 4.02. The highest BCUT2D eigenvalue weighted by Crippen LogP contribution is 2.34. The Bertz CT molecular complexity index is 1160. The van der Waals surface area contributed by atoms with Crippen LogP contribution >= 0.6 is 0 Å². The molecule has 0 saturated carbocycles. The number of amides is 2. The molecule has 1 aromatic heterocycles. The van der Waals surface area contributed by atoms with Gasteiger partial charge in [0.05, 0.1) is 17.4 Å². The highest BCUT2D eigenvalue weighted by atomic mass is 19.4. The molecule has 0 radical (unpaired) electrons. The lowest BCUT2D eigenvalue weighted by molar-refractivity contribution is -0.143. The summed E-state index contributed by atoms with van der Waals surface area (Å²) in [6.07, 6.45) is 0.270. The molecule has 2 aromatic carbocycles. The van der Waals surface area contributed by atoms with E-state index in [9.17, 15) is 22.8 Å². The summed E-state index contributed by atoms with van der Waals surface area (Å²) in [6, 6.07) is 12.5. The molecule has 2 heterocycles. The lowest BCUT2D eigenvalue weighted by atomic mass is 10.1. The Balaban J connectivity index is 1.53. The molecule has 1 fully saturated rings. The van der Waals surface area contributed by atoms with Crippen LogP contribution in [0.25, 0.3) is 5.69 Å². The minimum absolute atomic E-state index is 0.0847. The van der Waals surface area contributed by atoms with Gasteiger partial charge in [0.25, 0.3) is 11.8 Å². The summed E-state index contributed by atoms with van der Waals surface area (Å²) < 4.78 is 42.3. The quantitative estimate of drug-likeness (QED) is 0.550. The molecule has 34 heavy (non-hydrogen) atoms. The zero-order chi connectivity index (χ0) is 24.3. The van der Waals surface area contributed by atoms with Crippen molar-refractivity contribution in [2.45, 2.75) is 38.8 Å². The van der Waals surface area contributed by atoms with Crippen LogP contribution in [0.2, 0.25) is 0 Å². The van der Waals surface area contributed by atoms with Gasteiger partial charge in [0.1, 0.15) is 0 Å². The molecule has 0 aliphatic carbocycles. The van der Waals surface area contributed by atoms with Gasteiger partial charge in [-0.1, -0.05) is 30.5 Å². The Labute approximate surface area is 195 Å². The van der Waals surface area contributed by atoms with E-state index in [1.807, 2.05) is 11.8 Å². The third-order valence-electron chi connectivity index (χ3n) is 5.84. The van der Waals surface area contributed by atoms with Crippen molar-refractivity contribution in [3.8, 4) is 5.69 Å². The number of nitrogens with zero attached hydrogens (tertiary/aromatic N) is 3. The molecule has 1 aliphatic rings. The van der Waals surface area contributed by atoms with E-state index in [1.54, 1.807) is 24.3 Å². The van der Waals surface area contributed by atoms with Crippen molar-refractivity contribution in [1.29, 1.82) is 0 Å². The average Bonchev–Trinajstić information content (AvgIpc) is 3.09. The van der Waals surface area contributed by atoms with Gasteiger partial charge in [0.15, 0.2) is 5.69 Å². The molecule has 6 nitrogen and oxygen atoms in total. The van der Waals surface area contributed by atoms with Crippen LogP contribution in [0.3, 0.4) is 0 Å². The molecule has 2 amide bonds. The number of aromatic nitrogens is 2. The van der Waals surface area contributed by atoms with Crippen molar-refractivity contribution in [3.05, 3.63) is 77.1 Å². The standard InChI is InChI=1S/C25H25F3N4O2/c1-17-6-12-20(13-7-17)32-22(25(26,27)28)21(16-29-32)23(33)30-19-10-8-18(9-11-19)24(34)31-14-4-2-3-5-15-31/h6-13,16H,2-5,14-15H2,1H3,(H,30,33). The van der Waals surface area contributed by atoms with Crippen LogP contribution in [0.1, 0.15) is 57.7 Å². The maximum Gasteiger partial charge on any atom is 0.434 e. The van der Waals surface area contributed by atoms with Gasteiger partial charge >= 0.3 is 6.18 Å². The van der Waals surface area contributed by atoms with Gasteiger partial charge in [-0.05, 0) is 56.2 Å². The Morgan fingerprint density at radius 3 is 2.12 bits per heavy atom. The highest BCUT2D eigenvalue weighted by molar-refractivity contribution is 6.05. The van der Waals surface area contributed by atoms with Crippen LogP contribution in [-0.2, 0) is 6.18 Å². The number of benzene rings is 2. The minimum atomic E-state index is -4.79. The smallest absolute Gasteiger partial charge is 0.339 e. The molecular weight excluding hydrogens is 445 g/mol. The van der Waals surface area contributed by atoms with Crippen molar-refractivity contribution >= 4 is 17.5 Å². The van der Waals surface area contributed by atoms with Crippen LogP contribution in [0.4, 0.5) is 18.9 Å². The number of carbonyl (C=O) groups is 2. The molecule has 1 saturated heterocycles. The lowest BCUT2D eigenvalue weighted by Crippen LogP contribution is -2.31. The van der Waals surface area contributed by atoms with E-state index >= 15 is 0 Å². The summed E-state index contributed by atoms with van der Waals surface area (Å²) in [5.74, 6) is -1.02. The molecular formula is C25H25F3N4O2. The number of hydrogen-bond donors (Lipinski definition) is 1. The van der Waals surface area contributed by atoms with E-state index in [-0.39, 0.29) is 17.3 Å². The van der Waals surface area contributed by atoms with Crippen molar-refractivity contribution in [2.24, 2.45) is 0 Å². The third-order valence-corrected chi connectivity index (χ3v) is 5.84. The number of alkyl halides is 3. The molecule has 4 rings (SSSR count). The fraction of sp³-hybridized carbons (Fsp3) is 0.320. The molecule has 0 unspecified atom stereocenters. The van der Waals surface area contributed by atoms with Crippen molar-refractivity contribution in [2.75, 3.05) is 18.4 Å². The first-order valence-corrected chi connectivity index (χ1v) is 11.2. The normalized spacial score (nSPS) is 14.5. The van der Waals surface area contributed by atoms with Gasteiger partial charge in [-0.3, -0.25) is 9.59 Å². The number of likely N-dealkylation sites (tertiary alicyclic amines) is 1. The molecule has 0 bridgehead atoms. The van der Waals surface area contributed by atoms with E-state index < -0.39 is 23.3 Å². The first-order chi connectivity index (χ1) is 16.2. The Morgan fingerprint density at radius 2 is 1.53 bits per heavy atom. The average molecular weight is 470 g/mol. The van der Waals surface area contributed by atoms with Crippen molar-refractivity contribution in [1.82, 2.24) is 14.7 Å². The minimum Gasteiger partial charge on any atom is -0.339 e. The van der Waals surface area contributed by atoms with E-state index in [0.717, 1.165) is 42.1 Å². The number of rotatable bonds is 4. The first-order valence-electron chi connectivity index (χ1n) is 11.2.